The zero-order valence-electron chi connectivity index (χ0n) is 11.9. The Balaban J connectivity index is 3.45. The molecular formula is C12H15N7O2. The molecule has 0 amide bonds. The van der Waals surface area contributed by atoms with E-state index in [0.717, 1.165) is 0 Å². The van der Waals surface area contributed by atoms with Crippen molar-refractivity contribution in [1.29, 1.82) is 10.5 Å². The van der Waals surface area contributed by atoms with Crippen molar-refractivity contribution in [3.63, 3.8) is 0 Å². The van der Waals surface area contributed by atoms with E-state index >= 15 is 0 Å². The van der Waals surface area contributed by atoms with Crippen LogP contribution in [0.2, 0.25) is 0 Å². The molecule has 0 aliphatic carbocycles. The lowest BCUT2D eigenvalue weighted by atomic mass is 10.3. The van der Waals surface area contributed by atoms with Crippen LogP contribution < -0.4 is 9.80 Å². The van der Waals surface area contributed by atoms with Gasteiger partial charge < -0.3 is 9.80 Å². The lowest BCUT2D eigenvalue weighted by molar-refractivity contribution is -0.383. The molecule has 0 spiro atoms. The zero-order valence-corrected chi connectivity index (χ0v) is 11.9. The van der Waals surface area contributed by atoms with Crippen LogP contribution in [0.5, 0.6) is 0 Å². The van der Waals surface area contributed by atoms with E-state index in [1.54, 1.807) is 4.90 Å². The summed E-state index contributed by atoms with van der Waals surface area (Å²) in [6, 6.07) is 3.74. The van der Waals surface area contributed by atoms with Gasteiger partial charge in [0.2, 0.25) is 11.6 Å². The summed E-state index contributed by atoms with van der Waals surface area (Å²) in [4.78, 5) is 21.7. The highest BCUT2D eigenvalue weighted by Crippen LogP contribution is 2.33. The van der Waals surface area contributed by atoms with E-state index in [9.17, 15) is 10.1 Å². The number of nitriles is 2. The average Bonchev–Trinajstić information content (AvgIpc) is 2.48. The molecule has 0 radical (unpaired) electrons. The van der Waals surface area contributed by atoms with Crippen LogP contribution in [0.15, 0.2) is 6.33 Å². The Hall–Kier alpha value is -2.94. The van der Waals surface area contributed by atoms with Gasteiger partial charge in [0.05, 0.1) is 17.1 Å². The largest absolute Gasteiger partial charge is 0.353 e. The summed E-state index contributed by atoms with van der Waals surface area (Å²) in [7, 11) is 0. The average molecular weight is 289 g/mol. The summed E-state index contributed by atoms with van der Waals surface area (Å²) >= 11 is 0. The third-order valence-electron chi connectivity index (χ3n) is 2.85. The minimum absolute atomic E-state index is 0.0139. The molecule has 0 atom stereocenters. The molecule has 1 aromatic rings. The molecule has 0 saturated heterocycles. The molecular weight excluding hydrogens is 274 g/mol. The van der Waals surface area contributed by atoms with Crippen LogP contribution >= 0.6 is 0 Å². The van der Waals surface area contributed by atoms with Gasteiger partial charge in [-0.15, -0.1) is 0 Å². The molecule has 9 nitrogen and oxygen atoms in total. The maximum atomic E-state index is 11.4. The standard InChI is InChI=1S/C12H15N7O2/c1-3-17(4-2)11-10(19(20)21)12(16-9-15-11)18(7-5-13)8-6-14/h9H,3-4,7-8H2,1-2H3. The van der Waals surface area contributed by atoms with E-state index in [4.69, 9.17) is 10.5 Å². The molecule has 0 N–H and O–H groups in total. The van der Waals surface area contributed by atoms with E-state index in [0.29, 0.717) is 13.1 Å². The molecule has 1 heterocycles. The summed E-state index contributed by atoms with van der Waals surface area (Å²) in [6.45, 7) is 4.48. The molecule has 0 bridgehead atoms. The predicted octanol–water partition coefficient (Wildman–Crippen LogP) is 1.08. The quantitative estimate of drug-likeness (QED) is 0.415. The number of rotatable bonds is 7. The molecule has 0 unspecified atom stereocenters. The molecule has 1 aromatic heterocycles. The van der Waals surface area contributed by atoms with Gasteiger partial charge in [0, 0.05) is 13.1 Å². The maximum Gasteiger partial charge on any atom is 0.353 e. The summed E-state index contributed by atoms with van der Waals surface area (Å²) in [6.07, 6.45) is 1.21. The van der Waals surface area contributed by atoms with Crippen molar-refractivity contribution < 1.29 is 4.92 Å². The van der Waals surface area contributed by atoms with Crippen LogP contribution in [-0.4, -0.2) is 41.1 Å². The smallest absolute Gasteiger partial charge is 0.351 e. The molecule has 9 heteroatoms. The van der Waals surface area contributed by atoms with E-state index in [1.165, 1.54) is 11.2 Å². The van der Waals surface area contributed by atoms with Crippen molar-refractivity contribution in [3.05, 3.63) is 16.4 Å². The van der Waals surface area contributed by atoms with Crippen molar-refractivity contribution in [2.75, 3.05) is 36.0 Å². The molecule has 0 aliphatic heterocycles. The van der Waals surface area contributed by atoms with Gasteiger partial charge in [-0.2, -0.15) is 10.5 Å². The number of nitro groups is 1. The molecule has 0 aromatic carbocycles. The van der Waals surface area contributed by atoms with Crippen LogP contribution in [0.3, 0.4) is 0 Å². The van der Waals surface area contributed by atoms with E-state index in [-0.39, 0.29) is 30.4 Å². The van der Waals surface area contributed by atoms with Crippen LogP contribution in [0.25, 0.3) is 0 Å². The highest BCUT2D eigenvalue weighted by molar-refractivity contribution is 5.71. The fourth-order valence-electron chi connectivity index (χ4n) is 1.89. The number of aromatic nitrogens is 2. The molecule has 0 saturated carbocycles. The first-order valence-corrected chi connectivity index (χ1v) is 6.33. The highest BCUT2D eigenvalue weighted by atomic mass is 16.6. The SMILES string of the molecule is CCN(CC)c1ncnc(N(CC#N)CC#N)c1[N+](=O)[O-]. The van der Waals surface area contributed by atoms with Gasteiger partial charge in [-0.1, -0.05) is 0 Å². The van der Waals surface area contributed by atoms with Gasteiger partial charge >= 0.3 is 5.69 Å². The second-order valence-electron chi connectivity index (χ2n) is 3.97. The third-order valence-corrected chi connectivity index (χ3v) is 2.85. The second kappa shape index (κ2) is 7.60. The molecule has 110 valence electrons. The fraction of sp³-hybridized carbons (Fsp3) is 0.500. The van der Waals surface area contributed by atoms with Gasteiger partial charge in [0.15, 0.2) is 0 Å². The van der Waals surface area contributed by atoms with Crippen molar-refractivity contribution in [2.24, 2.45) is 0 Å². The maximum absolute atomic E-state index is 11.4. The summed E-state index contributed by atoms with van der Waals surface area (Å²) in [5, 5.41) is 29.0. The van der Waals surface area contributed by atoms with Crippen LogP contribution in [0, 0.1) is 32.8 Å². The predicted molar refractivity (Wildman–Crippen MR) is 75.7 cm³/mol. The van der Waals surface area contributed by atoms with E-state index in [1.807, 2.05) is 26.0 Å². The highest BCUT2D eigenvalue weighted by Gasteiger charge is 2.29. The number of hydrogen-bond donors (Lipinski definition) is 0. The Morgan fingerprint density at radius 3 is 2.00 bits per heavy atom. The van der Waals surface area contributed by atoms with Gasteiger partial charge in [-0.3, -0.25) is 10.1 Å². The van der Waals surface area contributed by atoms with Crippen molar-refractivity contribution in [1.82, 2.24) is 9.97 Å². The summed E-state index contributed by atoms with van der Waals surface area (Å²) in [5.74, 6) is 0.177. The number of hydrogen-bond acceptors (Lipinski definition) is 8. The van der Waals surface area contributed by atoms with Gasteiger partial charge in [0.25, 0.3) is 0 Å². The number of anilines is 2. The van der Waals surface area contributed by atoms with E-state index < -0.39 is 4.92 Å². The first kappa shape index (κ1) is 16.1. The van der Waals surface area contributed by atoms with Crippen LogP contribution in [-0.2, 0) is 0 Å². The summed E-state index contributed by atoms with van der Waals surface area (Å²) < 4.78 is 0. The van der Waals surface area contributed by atoms with Gasteiger partial charge in [0.1, 0.15) is 19.4 Å². The van der Waals surface area contributed by atoms with E-state index in [2.05, 4.69) is 9.97 Å². The zero-order chi connectivity index (χ0) is 15.8. The molecule has 21 heavy (non-hydrogen) atoms. The topological polar surface area (TPSA) is 123 Å². The normalized spacial score (nSPS) is 9.52. The monoisotopic (exact) mass is 289 g/mol. The van der Waals surface area contributed by atoms with Crippen molar-refractivity contribution in [3.8, 4) is 12.1 Å². The van der Waals surface area contributed by atoms with Gasteiger partial charge in [-0.25, -0.2) is 9.97 Å². The van der Waals surface area contributed by atoms with Crippen molar-refractivity contribution >= 4 is 17.3 Å². The first-order valence-electron chi connectivity index (χ1n) is 6.33. The Morgan fingerprint density at radius 1 is 1.14 bits per heavy atom. The first-order chi connectivity index (χ1) is 10.1. The van der Waals surface area contributed by atoms with Crippen LogP contribution in [0.4, 0.5) is 17.3 Å². The summed E-state index contributed by atoms with van der Waals surface area (Å²) in [5.41, 5.74) is -0.285. The lowest BCUT2D eigenvalue weighted by Gasteiger charge is -2.22. The second-order valence-corrected chi connectivity index (χ2v) is 3.97. The minimum atomic E-state index is -0.579. The van der Waals surface area contributed by atoms with Gasteiger partial charge in [-0.05, 0) is 13.8 Å². The number of nitrogens with zero attached hydrogens (tertiary/aromatic N) is 7. The Labute approximate surface area is 122 Å². The van der Waals surface area contributed by atoms with Crippen molar-refractivity contribution in [2.45, 2.75) is 13.8 Å². The Bertz CT molecular complexity index is 570. The fourth-order valence-corrected chi connectivity index (χ4v) is 1.89. The lowest BCUT2D eigenvalue weighted by Crippen LogP contribution is -2.29. The molecule has 0 fully saturated rings. The van der Waals surface area contributed by atoms with Crippen LogP contribution in [0.1, 0.15) is 13.8 Å². The minimum Gasteiger partial charge on any atom is -0.351 e. The third kappa shape index (κ3) is 3.54. The molecule has 1 rings (SSSR count). The Morgan fingerprint density at radius 2 is 1.62 bits per heavy atom. The molecule has 0 aliphatic rings. The Kier molecular flexibility index (Phi) is 5.83.